The van der Waals surface area contributed by atoms with E-state index in [1.165, 1.54) is 5.56 Å². The van der Waals surface area contributed by atoms with Crippen molar-refractivity contribution < 1.29 is 9.53 Å². The summed E-state index contributed by atoms with van der Waals surface area (Å²) in [7, 11) is 0. The Morgan fingerprint density at radius 2 is 2.20 bits per heavy atom. The van der Waals surface area contributed by atoms with E-state index in [1.54, 1.807) is 11.3 Å². The zero-order valence-electron chi connectivity index (χ0n) is 12.0. The van der Waals surface area contributed by atoms with Crippen molar-refractivity contribution in [2.45, 2.75) is 31.9 Å². The van der Waals surface area contributed by atoms with Crippen molar-refractivity contribution in [2.75, 3.05) is 32.8 Å². The number of hydrogen-bond donors (Lipinski definition) is 0. The minimum absolute atomic E-state index is 0.171. The maximum absolute atomic E-state index is 12.3. The molecule has 3 heterocycles. The molecule has 0 N–H and O–H groups in total. The van der Waals surface area contributed by atoms with Gasteiger partial charge in [-0.05, 0) is 42.2 Å². The first kappa shape index (κ1) is 14.0. The molecule has 2 aliphatic rings. The lowest BCUT2D eigenvalue weighted by Crippen LogP contribution is -2.51. The number of hydrogen-bond acceptors (Lipinski definition) is 4. The smallest absolute Gasteiger partial charge is 0.251 e. The molecule has 0 spiro atoms. The van der Waals surface area contributed by atoms with Gasteiger partial charge < -0.3 is 9.64 Å². The summed E-state index contributed by atoms with van der Waals surface area (Å²) in [6.45, 7) is 6.55. The Bertz CT molecular complexity index is 435. The average Bonchev–Trinajstić information content (AvgIpc) is 3.18. The summed E-state index contributed by atoms with van der Waals surface area (Å²) in [5, 5.41) is 4.34. The van der Waals surface area contributed by atoms with Gasteiger partial charge in [0, 0.05) is 38.8 Å². The molecule has 110 valence electrons. The number of amides is 1. The van der Waals surface area contributed by atoms with E-state index in [1.807, 2.05) is 4.90 Å². The second-order valence-electron chi connectivity index (χ2n) is 5.60. The van der Waals surface area contributed by atoms with Crippen molar-refractivity contribution in [2.24, 2.45) is 0 Å². The SMILES string of the molecule is CC(c1ccsc1)N1CCN(C(=O)C2CCCO2)CC1. The molecule has 5 heteroatoms. The van der Waals surface area contributed by atoms with Crippen LogP contribution in [0.1, 0.15) is 31.4 Å². The number of carbonyl (C=O) groups is 1. The lowest BCUT2D eigenvalue weighted by molar-refractivity contribution is -0.143. The molecule has 20 heavy (non-hydrogen) atoms. The van der Waals surface area contributed by atoms with Crippen LogP contribution in [0.5, 0.6) is 0 Å². The quantitative estimate of drug-likeness (QED) is 0.856. The second-order valence-corrected chi connectivity index (χ2v) is 6.38. The van der Waals surface area contributed by atoms with Gasteiger partial charge in [-0.25, -0.2) is 0 Å². The largest absolute Gasteiger partial charge is 0.368 e. The van der Waals surface area contributed by atoms with Crippen LogP contribution < -0.4 is 0 Å². The fourth-order valence-electron chi connectivity index (χ4n) is 3.03. The molecule has 1 aromatic heterocycles. The van der Waals surface area contributed by atoms with E-state index < -0.39 is 0 Å². The van der Waals surface area contributed by atoms with Gasteiger partial charge in [0.2, 0.25) is 0 Å². The van der Waals surface area contributed by atoms with Gasteiger partial charge in [0.1, 0.15) is 6.10 Å². The highest BCUT2D eigenvalue weighted by Gasteiger charge is 2.31. The third-order valence-electron chi connectivity index (χ3n) is 4.40. The molecular weight excluding hydrogens is 272 g/mol. The monoisotopic (exact) mass is 294 g/mol. The molecule has 2 unspecified atom stereocenters. The van der Waals surface area contributed by atoms with Gasteiger partial charge >= 0.3 is 0 Å². The average molecular weight is 294 g/mol. The maximum atomic E-state index is 12.3. The number of nitrogens with zero attached hydrogens (tertiary/aromatic N) is 2. The van der Waals surface area contributed by atoms with Crippen molar-refractivity contribution in [3.05, 3.63) is 22.4 Å². The molecule has 0 aliphatic carbocycles. The Balaban J connectivity index is 1.53. The predicted molar refractivity (Wildman–Crippen MR) is 79.9 cm³/mol. The zero-order chi connectivity index (χ0) is 13.9. The molecule has 0 aromatic carbocycles. The van der Waals surface area contributed by atoms with Crippen LogP contribution in [0.4, 0.5) is 0 Å². The molecule has 3 rings (SSSR count). The Kier molecular flexibility index (Phi) is 4.38. The highest BCUT2D eigenvalue weighted by Crippen LogP contribution is 2.24. The van der Waals surface area contributed by atoms with E-state index >= 15 is 0 Å². The fourth-order valence-corrected chi connectivity index (χ4v) is 3.78. The molecule has 4 nitrogen and oxygen atoms in total. The molecule has 0 bridgehead atoms. The first-order chi connectivity index (χ1) is 9.75. The minimum atomic E-state index is -0.171. The highest BCUT2D eigenvalue weighted by atomic mass is 32.1. The topological polar surface area (TPSA) is 32.8 Å². The van der Waals surface area contributed by atoms with Crippen LogP contribution >= 0.6 is 11.3 Å². The molecule has 2 atom stereocenters. The van der Waals surface area contributed by atoms with E-state index in [0.717, 1.165) is 45.6 Å². The molecular formula is C15H22N2O2S. The van der Waals surface area contributed by atoms with Crippen molar-refractivity contribution in [1.82, 2.24) is 9.80 Å². The minimum Gasteiger partial charge on any atom is -0.368 e. The van der Waals surface area contributed by atoms with E-state index in [2.05, 4.69) is 28.7 Å². The van der Waals surface area contributed by atoms with Crippen molar-refractivity contribution >= 4 is 17.2 Å². The Morgan fingerprint density at radius 3 is 2.80 bits per heavy atom. The standard InChI is InChI=1S/C15H22N2O2S/c1-12(13-4-10-20-11-13)16-5-7-17(8-6-16)15(18)14-3-2-9-19-14/h4,10-12,14H,2-3,5-9H2,1H3. The summed E-state index contributed by atoms with van der Waals surface area (Å²) in [5.41, 5.74) is 1.38. The van der Waals surface area contributed by atoms with Gasteiger partial charge in [-0.3, -0.25) is 9.69 Å². The molecule has 1 amide bonds. The van der Waals surface area contributed by atoms with Gasteiger partial charge in [-0.1, -0.05) is 0 Å². The van der Waals surface area contributed by atoms with Gasteiger partial charge in [0.15, 0.2) is 0 Å². The summed E-state index contributed by atoms with van der Waals surface area (Å²) in [6.07, 6.45) is 1.74. The van der Waals surface area contributed by atoms with E-state index in [4.69, 9.17) is 4.74 Å². The summed E-state index contributed by atoms with van der Waals surface area (Å²) in [5.74, 6) is 0.199. The van der Waals surface area contributed by atoms with Crippen LogP contribution in [0.2, 0.25) is 0 Å². The van der Waals surface area contributed by atoms with Gasteiger partial charge in [-0.15, -0.1) is 0 Å². The molecule has 2 fully saturated rings. The number of piperazine rings is 1. The second kappa shape index (κ2) is 6.24. The molecule has 1 aromatic rings. The zero-order valence-corrected chi connectivity index (χ0v) is 12.8. The first-order valence-corrected chi connectivity index (χ1v) is 8.36. The van der Waals surface area contributed by atoms with Crippen LogP contribution in [-0.2, 0) is 9.53 Å². The van der Waals surface area contributed by atoms with Crippen LogP contribution in [0.15, 0.2) is 16.8 Å². The molecule has 2 aliphatic heterocycles. The van der Waals surface area contributed by atoms with Gasteiger partial charge in [-0.2, -0.15) is 11.3 Å². The molecule has 0 saturated carbocycles. The normalized spacial score (nSPS) is 25.9. The van der Waals surface area contributed by atoms with Crippen LogP contribution in [0.3, 0.4) is 0 Å². The van der Waals surface area contributed by atoms with Crippen LogP contribution in [0, 0.1) is 0 Å². The lowest BCUT2D eigenvalue weighted by Gasteiger charge is -2.38. The van der Waals surface area contributed by atoms with E-state index in [9.17, 15) is 4.79 Å². The van der Waals surface area contributed by atoms with Crippen LogP contribution in [0.25, 0.3) is 0 Å². The summed E-state index contributed by atoms with van der Waals surface area (Å²) < 4.78 is 5.50. The number of thiophene rings is 1. The van der Waals surface area contributed by atoms with Crippen molar-refractivity contribution in [3.8, 4) is 0 Å². The third-order valence-corrected chi connectivity index (χ3v) is 5.11. The Morgan fingerprint density at radius 1 is 1.40 bits per heavy atom. The Labute approximate surface area is 124 Å². The maximum Gasteiger partial charge on any atom is 0.251 e. The van der Waals surface area contributed by atoms with Crippen LogP contribution in [-0.4, -0.2) is 54.6 Å². The number of carbonyl (C=O) groups excluding carboxylic acids is 1. The molecule has 2 saturated heterocycles. The van der Waals surface area contributed by atoms with Crippen molar-refractivity contribution in [1.29, 1.82) is 0 Å². The van der Waals surface area contributed by atoms with E-state index in [-0.39, 0.29) is 12.0 Å². The third kappa shape index (κ3) is 2.90. The summed E-state index contributed by atoms with van der Waals surface area (Å²) in [4.78, 5) is 16.7. The van der Waals surface area contributed by atoms with E-state index in [0.29, 0.717) is 6.04 Å². The summed E-state index contributed by atoms with van der Waals surface area (Å²) in [6, 6.07) is 2.64. The lowest BCUT2D eigenvalue weighted by atomic mass is 10.1. The predicted octanol–water partition coefficient (Wildman–Crippen LogP) is 2.13. The highest BCUT2D eigenvalue weighted by molar-refractivity contribution is 7.07. The summed E-state index contributed by atoms with van der Waals surface area (Å²) >= 11 is 1.75. The van der Waals surface area contributed by atoms with Gasteiger partial charge in [0.25, 0.3) is 5.91 Å². The number of ether oxygens (including phenoxy) is 1. The Hall–Kier alpha value is -0.910. The molecule has 0 radical (unpaired) electrons. The number of rotatable bonds is 3. The first-order valence-electron chi connectivity index (χ1n) is 7.42. The van der Waals surface area contributed by atoms with Crippen molar-refractivity contribution in [3.63, 3.8) is 0 Å². The van der Waals surface area contributed by atoms with Gasteiger partial charge in [0.05, 0.1) is 0 Å². The fraction of sp³-hybridized carbons (Fsp3) is 0.667.